The number of rotatable bonds is 3. The van der Waals surface area contributed by atoms with E-state index in [0.29, 0.717) is 0 Å². The average Bonchev–Trinajstić information content (AvgIpc) is 2.87. The smallest absolute Gasteiger partial charge is 0.0945 e. The van der Waals surface area contributed by atoms with Gasteiger partial charge in [0.25, 0.3) is 0 Å². The fourth-order valence-electron chi connectivity index (χ4n) is 3.06. The highest BCUT2D eigenvalue weighted by molar-refractivity contribution is 5.62. The van der Waals surface area contributed by atoms with Gasteiger partial charge in [-0.05, 0) is 43.5 Å². The van der Waals surface area contributed by atoms with Gasteiger partial charge in [-0.3, -0.25) is 4.98 Å². The molecule has 1 aliphatic heterocycles. The van der Waals surface area contributed by atoms with E-state index in [1.807, 2.05) is 18.5 Å². The molecule has 108 valence electrons. The Morgan fingerprint density at radius 3 is 2.52 bits per heavy atom. The van der Waals surface area contributed by atoms with Crippen LogP contribution in [-0.2, 0) is 6.54 Å². The molecule has 0 N–H and O–H groups in total. The number of pyridine rings is 1. The molecule has 0 saturated carbocycles. The maximum absolute atomic E-state index is 4.18. The molecule has 0 aliphatic carbocycles. The summed E-state index contributed by atoms with van der Waals surface area (Å²) >= 11 is 0. The first-order chi connectivity index (χ1) is 10.1. The molecule has 1 aromatic heterocycles. The molecule has 2 heterocycles. The molecule has 0 radical (unpaired) electrons. The Bertz CT molecular complexity index is 638. The minimum atomic E-state index is 0.889. The van der Waals surface area contributed by atoms with Crippen LogP contribution in [0.15, 0.2) is 49.1 Å². The van der Waals surface area contributed by atoms with Crippen molar-refractivity contribution >= 4 is 5.69 Å². The van der Waals surface area contributed by atoms with Gasteiger partial charge in [-0.25, -0.2) is 0 Å². The zero-order valence-corrected chi connectivity index (χ0v) is 12.9. The maximum Gasteiger partial charge on any atom is 0.0945 e. The number of aryl methyl sites for hydroxylation is 3. The van der Waals surface area contributed by atoms with E-state index in [9.17, 15) is 0 Å². The Morgan fingerprint density at radius 2 is 1.86 bits per heavy atom. The van der Waals surface area contributed by atoms with Crippen LogP contribution < -0.4 is 4.90 Å². The summed E-state index contributed by atoms with van der Waals surface area (Å²) in [5.74, 6) is 0. The fraction of sp³-hybridized carbons (Fsp3) is 0.278. The van der Waals surface area contributed by atoms with Crippen molar-refractivity contribution in [2.24, 2.45) is 0 Å². The summed E-state index contributed by atoms with van der Waals surface area (Å²) in [6, 6.07) is 8.60. The Balaban J connectivity index is 1.75. The second kappa shape index (κ2) is 5.60. The van der Waals surface area contributed by atoms with E-state index in [1.54, 1.807) is 0 Å². The van der Waals surface area contributed by atoms with Crippen molar-refractivity contribution in [2.45, 2.75) is 27.3 Å². The molecule has 0 amide bonds. The molecule has 0 fully saturated rings. The predicted octanol–water partition coefficient (Wildman–Crippen LogP) is 3.76. The second-order valence-electron chi connectivity index (χ2n) is 5.76. The second-order valence-corrected chi connectivity index (χ2v) is 5.76. The first kappa shape index (κ1) is 13.7. The Hall–Kier alpha value is -2.29. The van der Waals surface area contributed by atoms with Crippen molar-refractivity contribution < 1.29 is 0 Å². The van der Waals surface area contributed by atoms with Crippen LogP contribution in [-0.4, -0.2) is 16.6 Å². The number of nitrogens with zero attached hydrogens (tertiary/aromatic N) is 3. The van der Waals surface area contributed by atoms with Gasteiger partial charge in [-0.2, -0.15) is 0 Å². The molecule has 1 aromatic carbocycles. The lowest BCUT2D eigenvalue weighted by atomic mass is 10.0. The molecule has 0 bridgehead atoms. The van der Waals surface area contributed by atoms with E-state index < -0.39 is 0 Å². The van der Waals surface area contributed by atoms with Crippen LogP contribution in [0.3, 0.4) is 0 Å². The molecule has 0 unspecified atom stereocenters. The zero-order valence-electron chi connectivity index (χ0n) is 12.9. The van der Waals surface area contributed by atoms with Crippen LogP contribution in [0.2, 0.25) is 0 Å². The van der Waals surface area contributed by atoms with E-state index in [-0.39, 0.29) is 0 Å². The van der Waals surface area contributed by atoms with Gasteiger partial charge in [0.1, 0.15) is 0 Å². The summed E-state index contributed by atoms with van der Waals surface area (Å²) in [6.07, 6.45) is 8.07. The quantitative estimate of drug-likeness (QED) is 0.853. The zero-order chi connectivity index (χ0) is 14.8. The van der Waals surface area contributed by atoms with Crippen LogP contribution in [0.1, 0.15) is 22.3 Å². The monoisotopic (exact) mass is 279 g/mol. The van der Waals surface area contributed by atoms with Crippen molar-refractivity contribution in [3.63, 3.8) is 0 Å². The Labute approximate surface area is 126 Å². The third-order valence-corrected chi connectivity index (χ3v) is 3.82. The number of benzene rings is 1. The van der Waals surface area contributed by atoms with Gasteiger partial charge in [-0.15, -0.1) is 0 Å². The first-order valence-electron chi connectivity index (χ1n) is 7.29. The van der Waals surface area contributed by atoms with Gasteiger partial charge in [0, 0.05) is 37.0 Å². The molecule has 0 saturated heterocycles. The average molecular weight is 279 g/mol. The highest BCUT2D eigenvalue weighted by Gasteiger charge is 2.17. The Kier molecular flexibility index (Phi) is 3.65. The minimum absolute atomic E-state index is 0.889. The molecular weight excluding hydrogens is 258 g/mol. The molecule has 0 atom stereocenters. The molecule has 21 heavy (non-hydrogen) atoms. The van der Waals surface area contributed by atoms with Crippen LogP contribution in [0.4, 0.5) is 5.69 Å². The predicted molar refractivity (Wildman–Crippen MR) is 86.9 cm³/mol. The summed E-state index contributed by atoms with van der Waals surface area (Å²) in [5, 5.41) is 0. The van der Waals surface area contributed by atoms with Gasteiger partial charge in [0.15, 0.2) is 0 Å². The maximum atomic E-state index is 4.18. The third-order valence-electron chi connectivity index (χ3n) is 3.82. The van der Waals surface area contributed by atoms with Crippen LogP contribution in [0.5, 0.6) is 0 Å². The summed E-state index contributed by atoms with van der Waals surface area (Å²) in [6.45, 7) is 8.31. The first-order valence-corrected chi connectivity index (χ1v) is 7.29. The van der Waals surface area contributed by atoms with E-state index in [2.05, 4.69) is 66.2 Å². The summed E-state index contributed by atoms with van der Waals surface area (Å²) in [5.41, 5.74) is 6.55. The van der Waals surface area contributed by atoms with E-state index >= 15 is 0 Å². The highest BCUT2D eigenvalue weighted by Crippen LogP contribution is 2.29. The molecular formula is C18H21N3. The lowest BCUT2D eigenvalue weighted by Gasteiger charge is -2.24. The normalized spacial score (nSPS) is 14.0. The van der Waals surface area contributed by atoms with Crippen molar-refractivity contribution in [3.05, 3.63) is 71.3 Å². The molecule has 3 heteroatoms. The third kappa shape index (κ3) is 2.92. The molecule has 1 aliphatic rings. The summed E-state index contributed by atoms with van der Waals surface area (Å²) in [7, 11) is 0. The van der Waals surface area contributed by atoms with Gasteiger partial charge in [-0.1, -0.05) is 23.8 Å². The van der Waals surface area contributed by atoms with Gasteiger partial charge in [0.05, 0.1) is 6.67 Å². The minimum Gasteiger partial charge on any atom is -0.354 e. The van der Waals surface area contributed by atoms with Gasteiger partial charge < -0.3 is 9.80 Å². The van der Waals surface area contributed by atoms with Crippen LogP contribution in [0, 0.1) is 20.8 Å². The topological polar surface area (TPSA) is 19.4 Å². The number of hydrogen-bond donors (Lipinski definition) is 0. The number of aromatic nitrogens is 1. The van der Waals surface area contributed by atoms with E-state index in [1.165, 1.54) is 27.9 Å². The molecule has 3 rings (SSSR count). The largest absolute Gasteiger partial charge is 0.354 e. The SMILES string of the molecule is Cc1cc(C)c(N2C=CN(Cc3cccnc3)C2)c(C)c1. The van der Waals surface area contributed by atoms with Crippen molar-refractivity contribution in [1.82, 2.24) is 9.88 Å². The number of hydrogen-bond acceptors (Lipinski definition) is 3. The van der Waals surface area contributed by atoms with Crippen LogP contribution in [0.25, 0.3) is 0 Å². The van der Waals surface area contributed by atoms with Gasteiger partial charge >= 0.3 is 0 Å². The number of anilines is 1. The lowest BCUT2D eigenvalue weighted by molar-refractivity contribution is 0.399. The lowest BCUT2D eigenvalue weighted by Crippen LogP contribution is -2.25. The standard InChI is InChI=1S/C18H21N3/c1-14-9-15(2)18(16(3)10-14)21-8-7-20(13-21)12-17-5-4-6-19-11-17/h4-11H,12-13H2,1-3H3. The van der Waals surface area contributed by atoms with Crippen molar-refractivity contribution in [1.29, 1.82) is 0 Å². The summed E-state index contributed by atoms with van der Waals surface area (Å²) in [4.78, 5) is 8.80. The van der Waals surface area contributed by atoms with Gasteiger partial charge in [0.2, 0.25) is 0 Å². The van der Waals surface area contributed by atoms with E-state index in [4.69, 9.17) is 0 Å². The molecule has 0 spiro atoms. The van der Waals surface area contributed by atoms with Crippen LogP contribution >= 0.6 is 0 Å². The van der Waals surface area contributed by atoms with Crippen molar-refractivity contribution in [3.8, 4) is 0 Å². The Morgan fingerprint density at radius 1 is 1.10 bits per heavy atom. The van der Waals surface area contributed by atoms with Crippen molar-refractivity contribution in [2.75, 3.05) is 11.6 Å². The molecule has 3 nitrogen and oxygen atoms in total. The highest BCUT2D eigenvalue weighted by atomic mass is 15.3. The fourth-order valence-corrected chi connectivity index (χ4v) is 3.06. The van der Waals surface area contributed by atoms with E-state index in [0.717, 1.165) is 13.2 Å². The molecule has 2 aromatic rings. The summed E-state index contributed by atoms with van der Waals surface area (Å²) < 4.78 is 0.